The first-order chi connectivity index (χ1) is 12.0. The minimum absolute atomic E-state index is 0. The molecule has 1 aromatic heterocycles. The predicted molar refractivity (Wildman–Crippen MR) is 118 cm³/mol. The van der Waals surface area contributed by atoms with Gasteiger partial charge in [0.1, 0.15) is 0 Å². The largest absolute Gasteiger partial charge is 0.396 e. The van der Waals surface area contributed by atoms with Crippen LogP contribution >= 0.6 is 24.0 Å². The van der Waals surface area contributed by atoms with Crippen molar-refractivity contribution in [2.45, 2.75) is 46.0 Å². The molecule has 1 aromatic rings. The normalized spacial score (nSPS) is 18.9. The lowest BCUT2D eigenvalue weighted by molar-refractivity contribution is 0.245. The van der Waals surface area contributed by atoms with Crippen LogP contribution < -0.4 is 5.32 Å². The summed E-state index contributed by atoms with van der Waals surface area (Å²) in [6, 6.07) is 0. The molecule has 0 spiro atoms. The summed E-state index contributed by atoms with van der Waals surface area (Å²) in [5.41, 5.74) is 1.32. The zero-order chi connectivity index (χ0) is 18.2. The highest BCUT2D eigenvalue weighted by Gasteiger charge is 2.27. The molecule has 2 N–H and O–H groups in total. The molecule has 2 unspecified atom stereocenters. The Hall–Kier alpha value is -0.830. The summed E-state index contributed by atoms with van der Waals surface area (Å²) in [5, 5.41) is 17.1. The van der Waals surface area contributed by atoms with Gasteiger partial charge in [0, 0.05) is 51.9 Å². The zero-order valence-electron chi connectivity index (χ0n) is 16.7. The molecule has 7 heteroatoms. The fourth-order valence-corrected chi connectivity index (χ4v) is 3.65. The maximum Gasteiger partial charge on any atom is 0.193 e. The fourth-order valence-electron chi connectivity index (χ4n) is 3.65. The third-order valence-corrected chi connectivity index (χ3v) is 4.86. The van der Waals surface area contributed by atoms with Crippen molar-refractivity contribution in [1.82, 2.24) is 20.0 Å². The van der Waals surface area contributed by atoms with E-state index in [-0.39, 0.29) is 30.6 Å². The van der Waals surface area contributed by atoms with E-state index in [2.05, 4.69) is 42.3 Å². The second-order valence-corrected chi connectivity index (χ2v) is 7.58. The molecule has 0 saturated carbocycles. The molecule has 2 heterocycles. The number of aliphatic hydroxyl groups is 1. The van der Waals surface area contributed by atoms with Crippen molar-refractivity contribution < 1.29 is 5.11 Å². The third kappa shape index (κ3) is 7.06. The number of aryl methyl sites for hydroxylation is 1. The van der Waals surface area contributed by atoms with Crippen LogP contribution in [0.2, 0.25) is 0 Å². The Morgan fingerprint density at radius 2 is 2.23 bits per heavy atom. The van der Waals surface area contributed by atoms with Gasteiger partial charge in [0.25, 0.3) is 0 Å². The molecule has 1 aliphatic rings. The molecule has 2 rings (SSSR count). The average Bonchev–Trinajstić information content (AvgIpc) is 3.19. The summed E-state index contributed by atoms with van der Waals surface area (Å²) < 4.78 is 1.88. The standard InChI is InChI=1S/C19H35N5O.HI/c1-5-20-19(21-11-16(7-9-25)10-15(2)3)24-8-6-17(14-24)18-12-22-23(4)13-18;/h12-13,15-17,25H,5-11,14H2,1-4H3,(H,20,21);1H. The van der Waals surface area contributed by atoms with Crippen LogP contribution in [-0.2, 0) is 7.05 Å². The van der Waals surface area contributed by atoms with Gasteiger partial charge in [-0.05, 0) is 43.6 Å². The van der Waals surface area contributed by atoms with Crippen molar-refractivity contribution in [3.8, 4) is 0 Å². The molecule has 0 amide bonds. The Bertz CT molecular complexity index is 546. The van der Waals surface area contributed by atoms with Crippen LogP contribution in [0.5, 0.6) is 0 Å². The van der Waals surface area contributed by atoms with Crippen molar-refractivity contribution in [3.63, 3.8) is 0 Å². The van der Waals surface area contributed by atoms with E-state index in [0.29, 0.717) is 17.8 Å². The van der Waals surface area contributed by atoms with Gasteiger partial charge in [-0.25, -0.2) is 0 Å². The number of guanidine groups is 1. The highest BCUT2D eigenvalue weighted by atomic mass is 127. The lowest BCUT2D eigenvalue weighted by atomic mass is 9.94. The van der Waals surface area contributed by atoms with Crippen LogP contribution in [0.3, 0.4) is 0 Å². The number of aromatic nitrogens is 2. The van der Waals surface area contributed by atoms with E-state index < -0.39 is 0 Å². The second kappa shape index (κ2) is 11.8. The van der Waals surface area contributed by atoms with E-state index in [1.54, 1.807) is 0 Å². The SMILES string of the molecule is CCNC(=NCC(CCO)CC(C)C)N1CCC(c2cnn(C)c2)C1.I. The van der Waals surface area contributed by atoms with Crippen molar-refractivity contribution in [1.29, 1.82) is 0 Å². The predicted octanol–water partition coefficient (Wildman–Crippen LogP) is 2.84. The van der Waals surface area contributed by atoms with Crippen LogP contribution in [0, 0.1) is 11.8 Å². The Balaban J connectivity index is 0.00000338. The van der Waals surface area contributed by atoms with E-state index in [0.717, 1.165) is 51.4 Å². The molecular weight excluding hydrogens is 441 g/mol. The number of likely N-dealkylation sites (tertiary alicyclic amines) is 1. The van der Waals surface area contributed by atoms with Crippen LogP contribution in [0.25, 0.3) is 0 Å². The molecule has 0 aliphatic carbocycles. The lowest BCUT2D eigenvalue weighted by Crippen LogP contribution is -2.40. The van der Waals surface area contributed by atoms with Gasteiger partial charge in [0.05, 0.1) is 6.20 Å². The van der Waals surface area contributed by atoms with Gasteiger partial charge in [-0.1, -0.05) is 13.8 Å². The molecule has 1 saturated heterocycles. The molecule has 2 atom stereocenters. The fraction of sp³-hybridized carbons (Fsp3) is 0.789. The average molecular weight is 477 g/mol. The molecular formula is C19H36IN5O. The van der Waals surface area contributed by atoms with Gasteiger partial charge in [-0.2, -0.15) is 5.10 Å². The van der Waals surface area contributed by atoms with Crippen molar-refractivity contribution >= 4 is 29.9 Å². The van der Waals surface area contributed by atoms with Gasteiger partial charge < -0.3 is 15.3 Å². The summed E-state index contributed by atoms with van der Waals surface area (Å²) in [5.74, 6) is 2.63. The Kier molecular flexibility index (Phi) is 10.5. The van der Waals surface area contributed by atoms with Crippen molar-refractivity contribution in [2.75, 3.05) is 32.8 Å². The summed E-state index contributed by atoms with van der Waals surface area (Å²) >= 11 is 0. The molecule has 6 nitrogen and oxygen atoms in total. The molecule has 1 fully saturated rings. The smallest absolute Gasteiger partial charge is 0.193 e. The zero-order valence-corrected chi connectivity index (χ0v) is 19.0. The van der Waals surface area contributed by atoms with Gasteiger partial charge in [0.15, 0.2) is 5.96 Å². The van der Waals surface area contributed by atoms with E-state index in [9.17, 15) is 5.11 Å². The number of aliphatic imine (C=N–C) groups is 1. The minimum Gasteiger partial charge on any atom is -0.396 e. The topological polar surface area (TPSA) is 65.7 Å². The Morgan fingerprint density at radius 3 is 2.81 bits per heavy atom. The van der Waals surface area contributed by atoms with Gasteiger partial charge in [-0.15, -0.1) is 24.0 Å². The highest BCUT2D eigenvalue weighted by Crippen LogP contribution is 2.26. The second-order valence-electron chi connectivity index (χ2n) is 7.58. The number of rotatable bonds is 8. The van der Waals surface area contributed by atoms with Crippen LogP contribution in [0.1, 0.15) is 51.5 Å². The van der Waals surface area contributed by atoms with E-state index in [4.69, 9.17) is 4.99 Å². The summed E-state index contributed by atoms with van der Waals surface area (Å²) in [6.45, 7) is 10.5. The molecule has 1 aliphatic heterocycles. The van der Waals surface area contributed by atoms with E-state index in [1.807, 2.05) is 17.9 Å². The van der Waals surface area contributed by atoms with Gasteiger partial charge in [-0.3, -0.25) is 9.67 Å². The van der Waals surface area contributed by atoms with E-state index in [1.165, 1.54) is 5.56 Å². The van der Waals surface area contributed by atoms with Crippen molar-refractivity contribution in [2.24, 2.45) is 23.9 Å². The first kappa shape index (κ1) is 23.2. The van der Waals surface area contributed by atoms with Crippen molar-refractivity contribution in [3.05, 3.63) is 18.0 Å². The third-order valence-electron chi connectivity index (χ3n) is 4.86. The maximum absolute atomic E-state index is 9.31. The summed E-state index contributed by atoms with van der Waals surface area (Å²) in [4.78, 5) is 7.27. The number of hydrogen-bond donors (Lipinski definition) is 2. The first-order valence-corrected chi connectivity index (χ1v) is 9.66. The number of hydrogen-bond acceptors (Lipinski definition) is 3. The molecule has 0 aromatic carbocycles. The number of aliphatic hydroxyl groups excluding tert-OH is 1. The molecule has 0 bridgehead atoms. The van der Waals surface area contributed by atoms with Crippen LogP contribution in [0.4, 0.5) is 0 Å². The molecule has 26 heavy (non-hydrogen) atoms. The Labute approximate surface area is 175 Å². The van der Waals surface area contributed by atoms with Crippen LogP contribution in [-0.4, -0.2) is 58.5 Å². The Morgan fingerprint density at radius 1 is 1.46 bits per heavy atom. The number of nitrogens with one attached hydrogen (secondary N) is 1. The minimum atomic E-state index is 0. The summed E-state index contributed by atoms with van der Waals surface area (Å²) in [6.07, 6.45) is 7.19. The van der Waals surface area contributed by atoms with Gasteiger partial charge in [0.2, 0.25) is 0 Å². The quantitative estimate of drug-likeness (QED) is 0.344. The number of halogens is 1. The van der Waals surface area contributed by atoms with Gasteiger partial charge >= 0.3 is 0 Å². The molecule has 150 valence electrons. The van der Waals surface area contributed by atoms with E-state index >= 15 is 0 Å². The maximum atomic E-state index is 9.31. The first-order valence-electron chi connectivity index (χ1n) is 9.66. The van der Waals surface area contributed by atoms with Crippen LogP contribution in [0.15, 0.2) is 17.4 Å². The monoisotopic (exact) mass is 477 g/mol. The summed E-state index contributed by atoms with van der Waals surface area (Å²) in [7, 11) is 1.97. The number of nitrogens with zero attached hydrogens (tertiary/aromatic N) is 4. The highest BCUT2D eigenvalue weighted by molar-refractivity contribution is 14.0. The molecule has 0 radical (unpaired) electrons. The lowest BCUT2D eigenvalue weighted by Gasteiger charge is -2.23.